The first kappa shape index (κ1) is 15.7. The maximum absolute atomic E-state index is 9.54. The summed E-state index contributed by atoms with van der Waals surface area (Å²) in [6.07, 6.45) is 15.4. The summed E-state index contributed by atoms with van der Waals surface area (Å²) < 4.78 is 0. The van der Waals surface area contributed by atoms with Crippen molar-refractivity contribution in [2.75, 3.05) is 0 Å². The first-order valence-corrected chi connectivity index (χ1v) is 7.10. The van der Waals surface area contributed by atoms with Crippen molar-refractivity contribution in [3.8, 4) is 0 Å². The Hall–Kier alpha value is -0.300. The van der Waals surface area contributed by atoms with Crippen molar-refractivity contribution in [3.05, 3.63) is 12.7 Å². The summed E-state index contributed by atoms with van der Waals surface area (Å²) in [5.74, 6) is 0. The van der Waals surface area contributed by atoms with E-state index in [1.54, 1.807) is 0 Å². The molecule has 0 aromatic carbocycles. The fraction of sp³-hybridized carbons (Fsp3) is 0.867. The van der Waals surface area contributed by atoms with Gasteiger partial charge in [0.15, 0.2) is 0 Å². The summed E-state index contributed by atoms with van der Waals surface area (Å²) in [6, 6.07) is 0. The molecule has 1 nitrogen and oxygen atoms in total. The van der Waals surface area contributed by atoms with E-state index < -0.39 is 0 Å². The molecule has 16 heavy (non-hydrogen) atoms. The summed E-state index contributed by atoms with van der Waals surface area (Å²) in [7, 11) is 0. The zero-order valence-electron chi connectivity index (χ0n) is 11.1. The third-order valence-corrected chi connectivity index (χ3v) is 3.07. The molecule has 0 aromatic heterocycles. The van der Waals surface area contributed by atoms with E-state index in [4.69, 9.17) is 0 Å². The van der Waals surface area contributed by atoms with E-state index in [2.05, 4.69) is 13.5 Å². The molecule has 0 unspecified atom stereocenters. The zero-order chi connectivity index (χ0) is 12.1. The van der Waals surface area contributed by atoms with Crippen LogP contribution in [0.3, 0.4) is 0 Å². The Labute approximate surface area is 102 Å². The molecule has 0 aromatic rings. The van der Waals surface area contributed by atoms with Gasteiger partial charge in [0.2, 0.25) is 0 Å². The van der Waals surface area contributed by atoms with E-state index in [1.165, 1.54) is 51.4 Å². The van der Waals surface area contributed by atoms with E-state index in [0.29, 0.717) is 0 Å². The van der Waals surface area contributed by atoms with Crippen LogP contribution in [0.4, 0.5) is 0 Å². The van der Waals surface area contributed by atoms with Gasteiger partial charge in [-0.1, -0.05) is 57.9 Å². The Bertz CT molecular complexity index is 142. The molecule has 0 spiro atoms. The SMILES string of the molecule is C=CCCCCCCCCC[C@H](O)CCC. The van der Waals surface area contributed by atoms with Crippen LogP contribution in [0, 0.1) is 0 Å². The van der Waals surface area contributed by atoms with Crippen molar-refractivity contribution >= 4 is 0 Å². The molecule has 0 aliphatic rings. The van der Waals surface area contributed by atoms with Gasteiger partial charge in [-0.3, -0.25) is 0 Å². The smallest absolute Gasteiger partial charge is 0.0540 e. The van der Waals surface area contributed by atoms with Gasteiger partial charge in [-0.05, 0) is 25.7 Å². The maximum Gasteiger partial charge on any atom is 0.0540 e. The molecule has 0 bridgehead atoms. The van der Waals surface area contributed by atoms with Crippen LogP contribution in [-0.2, 0) is 0 Å². The standard InChI is InChI=1S/C15H30O/c1-3-5-6-7-8-9-10-11-12-14-15(16)13-4-2/h3,15-16H,1,4-14H2,2H3/t15-/m1/s1. The number of aliphatic hydroxyl groups is 1. The van der Waals surface area contributed by atoms with Gasteiger partial charge in [-0.25, -0.2) is 0 Å². The number of hydrogen-bond donors (Lipinski definition) is 1. The fourth-order valence-electron chi connectivity index (χ4n) is 2.03. The summed E-state index contributed by atoms with van der Waals surface area (Å²) in [5.41, 5.74) is 0. The molecular weight excluding hydrogens is 196 g/mol. The van der Waals surface area contributed by atoms with Gasteiger partial charge in [0.1, 0.15) is 0 Å². The summed E-state index contributed by atoms with van der Waals surface area (Å²) >= 11 is 0. The molecule has 0 amide bonds. The normalized spacial score (nSPS) is 12.6. The summed E-state index contributed by atoms with van der Waals surface area (Å²) in [6.45, 7) is 5.86. The highest BCUT2D eigenvalue weighted by Gasteiger charge is 2.01. The minimum atomic E-state index is -0.0439. The van der Waals surface area contributed by atoms with E-state index >= 15 is 0 Å². The maximum atomic E-state index is 9.54. The molecule has 0 saturated carbocycles. The van der Waals surface area contributed by atoms with Crippen LogP contribution in [0.1, 0.15) is 77.6 Å². The molecule has 96 valence electrons. The van der Waals surface area contributed by atoms with Crippen LogP contribution in [0.25, 0.3) is 0 Å². The van der Waals surface area contributed by atoms with Gasteiger partial charge in [-0.2, -0.15) is 0 Å². The molecular formula is C15H30O. The highest BCUT2D eigenvalue weighted by Crippen LogP contribution is 2.12. The second-order valence-electron chi connectivity index (χ2n) is 4.78. The average Bonchev–Trinajstić information content (AvgIpc) is 2.27. The average molecular weight is 226 g/mol. The number of allylic oxidation sites excluding steroid dienone is 1. The lowest BCUT2D eigenvalue weighted by Gasteiger charge is -2.08. The molecule has 0 fully saturated rings. The second kappa shape index (κ2) is 12.8. The lowest BCUT2D eigenvalue weighted by Crippen LogP contribution is -2.04. The van der Waals surface area contributed by atoms with Gasteiger partial charge in [0, 0.05) is 0 Å². The lowest BCUT2D eigenvalue weighted by atomic mass is 10.0. The van der Waals surface area contributed by atoms with Crippen molar-refractivity contribution in [2.24, 2.45) is 0 Å². The number of rotatable bonds is 12. The summed E-state index contributed by atoms with van der Waals surface area (Å²) in [5, 5.41) is 9.54. The van der Waals surface area contributed by atoms with E-state index in [9.17, 15) is 5.11 Å². The molecule has 0 aliphatic carbocycles. The molecule has 0 heterocycles. The van der Waals surface area contributed by atoms with Crippen LogP contribution < -0.4 is 0 Å². The molecule has 0 aliphatic heterocycles. The van der Waals surface area contributed by atoms with Crippen LogP contribution in [0.15, 0.2) is 12.7 Å². The topological polar surface area (TPSA) is 20.2 Å². The van der Waals surface area contributed by atoms with Gasteiger partial charge < -0.3 is 5.11 Å². The Kier molecular flexibility index (Phi) is 12.5. The molecule has 0 saturated heterocycles. The van der Waals surface area contributed by atoms with Crippen LogP contribution in [0.2, 0.25) is 0 Å². The van der Waals surface area contributed by atoms with Crippen LogP contribution in [-0.4, -0.2) is 11.2 Å². The second-order valence-corrected chi connectivity index (χ2v) is 4.78. The molecule has 1 heteroatoms. The van der Waals surface area contributed by atoms with Crippen LogP contribution in [0.5, 0.6) is 0 Å². The molecule has 0 radical (unpaired) electrons. The minimum absolute atomic E-state index is 0.0439. The fourth-order valence-corrected chi connectivity index (χ4v) is 2.03. The minimum Gasteiger partial charge on any atom is -0.393 e. The Morgan fingerprint density at radius 3 is 2.06 bits per heavy atom. The van der Waals surface area contributed by atoms with Crippen molar-refractivity contribution in [3.63, 3.8) is 0 Å². The highest BCUT2D eigenvalue weighted by molar-refractivity contribution is 4.65. The number of unbranched alkanes of at least 4 members (excludes halogenated alkanes) is 7. The zero-order valence-corrected chi connectivity index (χ0v) is 11.1. The Morgan fingerprint density at radius 1 is 0.938 bits per heavy atom. The molecule has 0 rings (SSSR count). The molecule has 1 atom stereocenters. The third-order valence-electron chi connectivity index (χ3n) is 3.07. The predicted octanol–water partition coefficient (Wildman–Crippen LogP) is 4.84. The monoisotopic (exact) mass is 226 g/mol. The van der Waals surface area contributed by atoms with Gasteiger partial charge >= 0.3 is 0 Å². The van der Waals surface area contributed by atoms with E-state index in [-0.39, 0.29) is 6.10 Å². The Morgan fingerprint density at radius 2 is 1.50 bits per heavy atom. The van der Waals surface area contributed by atoms with Crippen LogP contribution >= 0.6 is 0 Å². The van der Waals surface area contributed by atoms with E-state index in [0.717, 1.165) is 19.3 Å². The van der Waals surface area contributed by atoms with Crippen molar-refractivity contribution < 1.29 is 5.11 Å². The first-order chi connectivity index (χ1) is 7.81. The van der Waals surface area contributed by atoms with Crippen molar-refractivity contribution in [1.82, 2.24) is 0 Å². The quantitative estimate of drug-likeness (QED) is 0.373. The first-order valence-electron chi connectivity index (χ1n) is 7.10. The number of aliphatic hydroxyl groups excluding tert-OH is 1. The van der Waals surface area contributed by atoms with Crippen molar-refractivity contribution in [1.29, 1.82) is 0 Å². The Balaban J connectivity index is 3.00. The summed E-state index contributed by atoms with van der Waals surface area (Å²) in [4.78, 5) is 0. The lowest BCUT2D eigenvalue weighted by molar-refractivity contribution is 0.150. The van der Waals surface area contributed by atoms with Gasteiger partial charge in [0.25, 0.3) is 0 Å². The van der Waals surface area contributed by atoms with Gasteiger partial charge in [-0.15, -0.1) is 6.58 Å². The largest absolute Gasteiger partial charge is 0.393 e. The highest BCUT2D eigenvalue weighted by atomic mass is 16.3. The van der Waals surface area contributed by atoms with Gasteiger partial charge in [0.05, 0.1) is 6.10 Å². The molecule has 1 N–H and O–H groups in total. The predicted molar refractivity (Wildman–Crippen MR) is 72.7 cm³/mol. The third kappa shape index (κ3) is 11.8. The van der Waals surface area contributed by atoms with Crippen molar-refractivity contribution in [2.45, 2.75) is 83.7 Å². The van der Waals surface area contributed by atoms with E-state index in [1.807, 2.05) is 6.08 Å². The number of hydrogen-bond acceptors (Lipinski definition) is 1.